The van der Waals surface area contributed by atoms with Crippen molar-refractivity contribution in [3.63, 3.8) is 0 Å². The van der Waals surface area contributed by atoms with Crippen molar-refractivity contribution < 1.29 is 14.7 Å². The number of anilines is 1. The first-order chi connectivity index (χ1) is 9.99. The number of nitrogens with zero attached hydrogens (tertiary/aromatic N) is 1. The van der Waals surface area contributed by atoms with Gasteiger partial charge in [-0.15, -0.1) is 0 Å². The van der Waals surface area contributed by atoms with Crippen LogP contribution in [-0.4, -0.2) is 21.6 Å². The largest absolute Gasteiger partial charge is 0.477 e. The van der Waals surface area contributed by atoms with Crippen LogP contribution >= 0.6 is 0 Å². The van der Waals surface area contributed by atoms with Gasteiger partial charge in [-0.3, -0.25) is 4.79 Å². The Labute approximate surface area is 123 Å². The number of aromatic nitrogens is 1. The van der Waals surface area contributed by atoms with Gasteiger partial charge in [-0.2, -0.15) is 0 Å². The molecule has 0 fully saturated rings. The molecule has 0 aliphatic heterocycles. The lowest BCUT2D eigenvalue weighted by Crippen LogP contribution is -2.21. The van der Waals surface area contributed by atoms with Gasteiger partial charge in [0.05, 0.1) is 0 Å². The molecule has 0 aliphatic carbocycles. The number of carbonyl (C=O) groups excluding carboxylic acids is 1. The summed E-state index contributed by atoms with van der Waals surface area (Å²) in [6.45, 7) is 4.08. The molecule has 2 aromatic rings. The lowest BCUT2D eigenvalue weighted by molar-refractivity contribution is -0.116. The van der Waals surface area contributed by atoms with Gasteiger partial charge in [0.15, 0.2) is 0 Å². The molecule has 0 spiro atoms. The Morgan fingerprint density at radius 2 is 1.90 bits per heavy atom. The smallest absolute Gasteiger partial charge is 0.352 e. The Hall–Kier alpha value is -2.56. The maximum Gasteiger partial charge on any atom is 0.352 e. The number of hydrogen-bond donors (Lipinski definition) is 2. The fraction of sp³-hybridized carbons (Fsp3) is 0.250. The predicted molar refractivity (Wildman–Crippen MR) is 80.6 cm³/mol. The van der Waals surface area contributed by atoms with E-state index < -0.39 is 5.97 Å². The Kier molecular flexibility index (Phi) is 4.42. The lowest BCUT2D eigenvalue weighted by Gasteiger charge is -2.14. The fourth-order valence-electron chi connectivity index (χ4n) is 2.20. The number of hydrogen-bond acceptors (Lipinski definition) is 2. The van der Waals surface area contributed by atoms with Crippen LogP contribution in [0.1, 0.15) is 35.8 Å². The number of para-hydroxylation sites is 1. The third-order valence-electron chi connectivity index (χ3n) is 3.22. The number of aromatic carboxylic acids is 1. The molecule has 1 amide bonds. The summed E-state index contributed by atoms with van der Waals surface area (Å²) in [6, 6.07) is 10.7. The number of nitrogens with one attached hydrogen (secondary N) is 1. The fourth-order valence-corrected chi connectivity index (χ4v) is 2.20. The summed E-state index contributed by atoms with van der Waals surface area (Å²) in [5.41, 5.74) is 1.92. The third-order valence-corrected chi connectivity index (χ3v) is 3.22. The van der Waals surface area contributed by atoms with E-state index in [1.54, 1.807) is 12.3 Å². The second-order valence-corrected chi connectivity index (χ2v) is 5.12. The number of amides is 1. The van der Waals surface area contributed by atoms with E-state index in [0.29, 0.717) is 5.92 Å². The normalized spacial score (nSPS) is 10.6. The number of carboxylic acids is 1. The highest BCUT2D eigenvalue weighted by Crippen LogP contribution is 2.23. The summed E-state index contributed by atoms with van der Waals surface area (Å²) >= 11 is 0. The molecule has 21 heavy (non-hydrogen) atoms. The molecule has 0 bridgehead atoms. The van der Waals surface area contributed by atoms with E-state index in [1.165, 1.54) is 10.6 Å². The standard InChI is InChI=1S/C16H18N2O3/c1-11(2)12-6-3-4-7-13(12)17-15(19)10-18-9-5-8-14(18)16(20)21/h3-9,11H,10H2,1-2H3,(H,17,19)(H,20,21). The molecule has 2 rings (SSSR count). The first-order valence-electron chi connectivity index (χ1n) is 6.76. The quantitative estimate of drug-likeness (QED) is 0.887. The van der Waals surface area contributed by atoms with Crippen LogP contribution in [0.5, 0.6) is 0 Å². The Morgan fingerprint density at radius 1 is 1.19 bits per heavy atom. The van der Waals surface area contributed by atoms with Crippen LogP contribution in [0, 0.1) is 0 Å². The highest BCUT2D eigenvalue weighted by molar-refractivity contribution is 5.92. The molecule has 0 unspecified atom stereocenters. The van der Waals surface area contributed by atoms with Crippen molar-refractivity contribution in [3.05, 3.63) is 53.9 Å². The van der Waals surface area contributed by atoms with E-state index >= 15 is 0 Å². The Bertz CT molecular complexity index is 659. The van der Waals surface area contributed by atoms with E-state index in [0.717, 1.165) is 11.3 Å². The van der Waals surface area contributed by atoms with Crippen molar-refractivity contribution in [1.29, 1.82) is 0 Å². The summed E-state index contributed by atoms with van der Waals surface area (Å²) in [6.07, 6.45) is 1.58. The second-order valence-electron chi connectivity index (χ2n) is 5.12. The first kappa shape index (κ1) is 14.8. The minimum atomic E-state index is -1.05. The molecule has 0 saturated heterocycles. The molecular weight excluding hydrogens is 268 g/mol. The van der Waals surface area contributed by atoms with Crippen LogP contribution < -0.4 is 5.32 Å². The molecule has 1 heterocycles. The molecule has 110 valence electrons. The molecule has 1 aromatic heterocycles. The zero-order valence-electron chi connectivity index (χ0n) is 12.0. The van der Waals surface area contributed by atoms with Crippen LogP contribution in [0.25, 0.3) is 0 Å². The van der Waals surface area contributed by atoms with Crippen LogP contribution in [0.3, 0.4) is 0 Å². The van der Waals surface area contributed by atoms with Gasteiger partial charge >= 0.3 is 5.97 Å². The molecular formula is C16H18N2O3. The van der Waals surface area contributed by atoms with Gasteiger partial charge in [-0.1, -0.05) is 32.0 Å². The maximum atomic E-state index is 12.1. The number of benzene rings is 1. The van der Waals surface area contributed by atoms with Gasteiger partial charge in [0, 0.05) is 11.9 Å². The minimum absolute atomic E-state index is 0.0267. The van der Waals surface area contributed by atoms with Gasteiger partial charge < -0.3 is 15.0 Å². The van der Waals surface area contributed by atoms with Crippen molar-refractivity contribution in [3.8, 4) is 0 Å². The molecule has 0 atom stereocenters. The van der Waals surface area contributed by atoms with Gasteiger partial charge in [-0.25, -0.2) is 4.79 Å². The molecule has 0 radical (unpaired) electrons. The summed E-state index contributed by atoms with van der Waals surface area (Å²) in [4.78, 5) is 23.1. The zero-order chi connectivity index (χ0) is 15.4. The number of carbonyl (C=O) groups is 2. The summed E-state index contributed by atoms with van der Waals surface area (Å²) < 4.78 is 1.41. The van der Waals surface area contributed by atoms with Gasteiger partial charge in [0.1, 0.15) is 12.2 Å². The van der Waals surface area contributed by atoms with E-state index in [4.69, 9.17) is 5.11 Å². The monoisotopic (exact) mass is 286 g/mol. The SMILES string of the molecule is CC(C)c1ccccc1NC(=O)Cn1cccc1C(=O)O. The first-order valence-corrected chi connectivity index (χ1v) is 6.76. The summed E-state index contributed by atoms with van der Waals surface area (Å²) in [5.74, 6) is -1.00. The zero-order valence-corrected chi connectivity index (χ0v) is 12.0. The van der Waals surface area contributed by atoms with Crippen molar-refractivity contribution in [2.45, 2.75) is 26.3 Å². The van der Waals surface area contributed by atoms with Crippen molar-refractivity contribution in [2.24, 2.45) is 0 Å². The van der Waals surface area contributed by atoms with E-state index in [9.17, 15) is 9.59 Å². The molecule has 2 N–H and O–H groups in total. The van der Waals surface area contributed by atoms with Crippen LogP contribution in [0.15, 0.2) is 42.6 Å². The van der Waals surface area contributed by atoms with Gasteiger partial charge in [-0.05, 0) is 29.7 Å². The molecule has 5 heteroatoms. The average molecular weight is 286 g/mol. The molecule has 0 aliphatic rings. The maximum absolute atomic E-state index is 12.1. The average Bonchev–Trinajstić information content (AvgIpc) is 2.87. The summed E-state index contributed by atoms with van der Waals surface area (Å²) in [7, 11) is 0. The Morgan fingerprint density at radius 3 is 2.57 bits per heavy atom. The van der Waals surface area contributed by atoms with Gasteiger partial charge in [0.2, 0.25) is 5.91 Å². The van der Waals surface area contributed by atoms with E-state index in [2.05, 4.69) is 19.2 Å². The molecule has 0 saturated carbocycles. The number of carboxylic acid groups (broad SMARTS) is 1. The van der Waals surface area contributed by atoms with Gasteiger partial charge in [0.25, 0.3) is 0 Å². The third kappa shape index (κ3) is 3.51. The predicted octanol–water partition coefficient (Wildman–Crippen LogP) is 2.95. The van der Waals surface area contributed by atoms with Crippen molar-refractivity contribution in [1.82, 2.24) is 4.57 Å². The van der Waals surface area contributed by atoms with Crippen molar-refractivity contribution in [2.75, 3.05) is 5.32 Å². The molecule has 5 nitrogen and oxygen atoms in total. The summed E-state index contributed by atoms with van der Waals surface area (Å²) in [5, 5.41) is 11.9. The second kappa shape index (κ2) is 6.26. The Balaban J connectivity index is 2.12. The topological polar surface area (TPSA) is 71.3 Å². The highest BCUT2D eigenvalue weighted by Gasteiger charge is 2.13. The molecule has 1 aromatic carbocycles. The van der Waals surface area contributed by atoms with Crippen LogP contribution in [0.4, 0.5) is 5.69 Å². The highest BCUT2D eigenvalue weighted by atomic mass is 16.4. The lowest BCUT2D eigenvalue weighted by atomic mass is 10.0. The van der Waals surface area contributed by atoms with Crippen molar-refractivity contribution >= 4 is 17.6 Å². The van der Waals surface area contributed by atoms with Crippen LogP contribution in [-0.2, 0) is 11.3 Å². The van der Waals surface area contributed by atoms with E-state index in [1.807, 2.05) is 24.3 Å². The number of rotatable bonds is 5. The van der Waals surface area contributed by atoms with Crippen LogP contribution in [0.2, 0.25) is 0 Å². The minimum Gasteiger partial charge on any atom is -0.477 e. The van der Waals surface area contributed by atoms with E-state index in [-0.39, 0.29) is 18.1 Å².